The van der Waals surface area contributed by atoms with E-state index in [4.69, 9.17) is 14.2 Å². The van der Waals surface area contributed by atoms with E-state index in [2.05, 4.69) is 32.9 Å². The van der Waals surface area contributed by atoms with E-state index < -0.39 is 6.10 Å². The van der Waals surface area contributed by atoms with Gasteiger partial charge in [-0.2, -0.15) is 0 Å². The number of allylic oxidation sites excluding steroid dienone is 2. The van der Waals surface area contributed by atoms with E-state index in [0.717, 1.165) is 64.2 Å². The molecular formula is C67H128O6. The molecule has 0 spiro atoms. The summed E-state index contributed by atoms with van der Waals surface area (Å²) in [5.74, 6) is -0.846. The van der Waals surface area contributed by atoms with Crippen molar-refractivity contribution in [1.29, 1.82) is 0 Å². The van der Waals surface area contributed by atoms with Gasteiger partial charge in [0, 0.05) is 19.3 Å². The largest absolute Gasteiger partial charge is 0.462 e. The van der Waals surface area contributed by atoms with Crippen molar-refractivity contribution >= 4 is 17.9 Å². The van der Waals surface area contributed by atoms with Crippen LogP contribution in [0.15, 0.2) is 12.2 Å². The lowest BCUT2D eigenvalue weighted by atomic mass is 10.0. The van der Waals surface area contributed by atoms with Gasteiger partial charge in [-0.05, 0) is 44.9 Å². The van der Waals surface area contributed by atoms with Crippen LogP contribution < -0.4 is 0 Å². The van der Waals surface area contributed by atoms with Crippen LogP contribution in [0.25, 0.3) is 0 Å². The molecule has 0 aliphatic rings. The number of hydrogen-bond acceptors (Lipinski definition) is 6. The molecule has 0 N–H and O–H groups in total. The monoisotopic (exact) mass is 1030 g/mol. The van der Waals surface area contributed by atoms with Crippen LogP contribution >= 0.6 is 0 Å². The second kappa shape index (κ2) is 62.7. The third-order valence-electron chi connectivity index (χ3n) is 15.3. The SMILES string of the molecule is CCCCCCCC/C=C\CCCCCCCC(=O)OC(COC(=O)CCCCCCCCCCCCCCC)COC(=O)CCCCCCCCCCCCCCCCCCCCCCCCCCCCC. The van der Waals surface area contributed by atoms with Crippen LogP contribution in [0.2, 0.25) is 0 Å². The lowest BCUT2D eigenvalue weighted by Gasteiger charge is -2.18. The third-order valence-corrected chi connectivity index (χ3v) is 15.3. The minimum absolute atomic E-state index is 0.0670. The van der Waals surface area contributed by atoms with Crippen LogP contribution in [0.3, 0.4) is 0 Å². The average molecular weight is 1030 g/mol. The number of carbonyl (C=O) groups is 3. The standard InChI is InChI=1S/C67H128O6/c1-4-7-10-13-16-19-22-25-27-28-29-30-31-32-33-34-35-36-37-38-40-42-45-48-51-54-57-60-66(69)72-63-64(62-71-65(68)59-56-53-50-47-44-41-24-21-18-15-12-9-6-3)73-67(70)61-58-55-52-49-46-43-39-26-23-20-17-14-11-8-5-2/h26,39,64H,4-25,27-38,40-63H2,1-3H3/b39-26-. The van der Waals surface area contributed by atoms with E-state index in [1.165, 1.54) is 276 Å². The van der Waals surface area contributed by atoms with Crippen molar-refractivity contribution in [3.63, 3.8) is 0 Å². The molecule has 6 nitrogen and oxygen atoms in total. The fourth-order valence-electron chi connectivity index (χ4n) is 10.3. The zero-order valence-corrected chi connectivity index (χ0v) is 49.7. The van der Waals surface area contributed by atoms with Crippen LogP contribution in [0.1, 0.15) is 380 Å². The van der Waals surface area contributed by atoms with E-state index in [9.17, 15) is 14.4 Å². The second-order valence-corrected chi connectivity index (χ2v) is 22.7. The highest BCUT2D eigenvalue weighted by Crippen LogP contribution is 2.18. The second-order valence-electron chi connectivity index (χ2n) is 22.7. The minimum Gasteiger partial charge on any atom is -0.462 e. The Balaban J connectivity index is 4.16. The van der Waals surface area contributed by atoms with E-state index in [1.54, 1.807) is 0 Å². The molecule has 1 atom stereocenters. The summed E-state index contributed by atoms with van der Waals surface area (Å²) >= 11 is 0. The molecule has 0 aliphatic carbocycles. The summed E-state index contributed by atoms with van der Waals surface area (Å²) in [5.41, 5.74) is 0. The average Bonchev–Trinajstić information content (AvgIpc) is 3.39. The molecular weight excluding hydrogens is 901 g/mol. The number of unbranched alkanes of at least 4 members (excludes halogenated alkanes) is 49. The first-order valence-corrected chi connectivity index (χ1v) is 33.2. The zero-order valence-electron chi connectivity index (χ0n) is 49.7. The summed E-state index contributed by atoms with van der Waals surface area (Å²) in [7, 11) is 0. The van der Waals surface area contributed by atoms with Gasteiger partial charge < -0.3 is 14.2 Å². The van der Waals surface area contributed by atoms with Crippen molar-refractivity contribution in [2.24, 2.45) is 0 Å². The van der Waals surface area contributed by atoms with E-state index in [-0.39, 0.29) is 31.1 Å². The maximum Gasteiger partial charge on any atom is 0.306 e. The van der Waals surface area contributed by atoms with Crippen molar-refractivity contribution in [1.82, 2.24) is 0 Å². The van der Waals surface area contributed by atoms with E-state index in [1.807, 2.05) is 0 Å². The molecule has 0 aromatic carbocycles. The molecule has 0 bridgehead atoms. The molecule has 1 unspecified atom stereocenters. The summed E-state index contributed by atoms with van der Waals surface area (Å²) in [6.07, 6.45) is 73.8. The van der Waals surface area contributed by atoms with Crippen molar-refractivity contribution in [2.45, 2.75) is 386 Å². The highest BCUT2D eigenvalue weighted by Gasteiger charge is 2.19. The van der Waals surface area contributed by atoms with Gasteiger partial charge in [0.05, 0.1) is 0 Å². The van der Waals surface area contributed by atoms with Gasteiger partial charge in [-0.25, -0.2) is 0 Å². The molecule has 432 valence electrons. The van der Waals surface area contributed by atoms with Crippen molar-refractivity contribution in [3.8, 4) is 0 Å². The van der Waals surface area contributed by atoms with Crippen LogP contribution in [-0.2, 0) is 28.6 Å². The molecule has 0 saturated heterocycles. The van der Waals surface area contributed by atoms with Crippen LogP contribution in [0, 0.1) is 0 Å². The lowest BCUT2D eigenvalue weighted by Crippen LogP contribution is -2.30. The van der Waals surface area contributed by atoms with Gasteiger partial charge in [-0.1, -0.05) is 328 Å². The Morgan fingerprint density at radius 2 is 0.452 bits per heavy atom. The summed E-state index contributed by atoms with van der Waals surface area (Å²) in [4.78, 5) is 38.3. The zero-order chi connectivity index (χ0) is 52.9. The smallest absolute Gasteiger partial charge is 0.306 e. The van der Waals surface area contributed by atoms with Gasteiger partial charge in [0.2, 0.25) is 0 Å². The maximum atomic E-state index is 12.9. The molecule has 0 heterocycles. The molecule has 0 fully saturated rings. The maximum absolute atomic E-state index is 12.9. The fraction of sp³-hybridized carbons (Fsp3) is 0.925. The molecule has 0 rings (SSSR count). The van der Waals surface area contributed by atoms with Gasteiger partial charge in [0.15, 0.2) is 6.10 Å². The Morgan fingerprint density at radius 1 is 0.260 bits per heavy atom. The van der Waals surface area contributed by atoms with Gasteiger partial charge in [0.1, 0.15) is 13.2 Å². The Hall–Kier alpha value is -1.85. The number of carbonyl (C=O) groups excluding carboxylic acids is 3. The molecule has 6 heteroatoms. The number of hydrogen-bond donors (Lipinski definition) is 0. The summed E-state index contributed by atoms with van der Waals surface area (Å²) < 4.78 is 16.9. The summed E-state index contributed by atoms with van der Waals surface area (Å²) in [5, 5.41) is 0. The predicted octanol–water partition coefficient (Wildman–Crippen LogP) is 22.4. The number of esters is 3. The first-order valence-electron chi connectivity index (χ1n) is 33.2. The van der Waals surface area contributed by atoms with E-state index >= 15 is 0 Å². The van der Waals surface area contributed by atoms with Gasteiger partial charge in [-0.3, -0.25) is 14.4 Å². The first kappa shape index (κ1) is 71.2. The third kappa shape index (κ3) is 60.9. The van der Waals surface area contributed by atoms with Gasteiger partial charge in [0.25, 0.3) is 0 Å². The Morgan fingerprint density at radius 3 is 0.685 bits per heavy atom. The molecule has 73 heavy (non-hydrogen) atoms. The minimum atomic E-state index is -0.769. The van der Waals surface area contributed by atoms with Crippen LogP contribution in [0.5, 0.6) is 0 Å². The van der Waals surface area contributed by atoms with Gasteiger partial charge >= 0.3 is 17.9 Å². The summed E-state index contributed by atoms with van der Waals surface area (Å²) in [6.45, 7) is 6.70. The molecule has 0 aliphatic heterocycles. The van der Waals surface area contributed by atoms with E-state index in [0.29, 0.717) is 19.3 Å². The molecule has 0 aromatic heterocycles. The lowest BCUT2D eigenvalue weighted by molar-refractivity contribution is -0.167. The fourth-order valence-corrected chi connectivity index (χ4v) is 10.3. The van der Waals surface area contributed by atoms with Crippen LogP contribution in [0.4, 0.5) is 0 Å². The first-order chi connectivity index (χ1) is 36.0. The van der Waals surface area contributed by atoms with Crippen molar-refractivity contribution in [3.05, 3.63) is 12.2 Å². The molecule has 0 saturated carbocycles. The molecule has 0 aromatic rings. The highest BCUT2D eigenvalue weighted by atomic mass is 16.6. The highest BCUT2D eigenvalue weighted by molar-refractivity contribution is 5.71. The topological polar surface area (TPSA) is 78.9 Å². The Labute approximate surface area is 456 Å². The normalized spacial score (nSPS) is 12.0. The van der Waals surface area contributed by atoms with Crippen molar-refractivity contribution < 1.29 is 28.6 Å². The Bertz CT molecular complexity index is 1130. The number of rotatable bonds is 62. The summed E-state index contributed by atoms with van der Waals surface area (Å²) in [6, 6.07) is 0. The molecule has 0 amide bonds. The van der Waals surface area contributed by atoms with Crippen LogP contribution in [-0.4, -0.2) is 37.2 Å². The molecule has 0 radical (unpaired) electrons. The quantitative estimate of drug-likeness (QED) is 0.0261. The predicted molar refractivity (Wildman–Crippen MR) is 317 cm³/mol. The van der Waals surface area contributed by atoms with Gasteiger partial charge in [-0.15, -0.1) is 0 Å². The number of ether oxygens (including phenoxy) is 3. The Kier molecular flexibility index (Phi) is 61.1. The van der Waals surface area contributed by atoms with Crippen molar-refractivity contribution in [2.75, 3.05) is 13.2 Å².